The summed E-state index contributed by atoms with van der Waals surface area (Å²) in [6.45, 7) is 1.26. The smallest absolute Gasteiger partial charge is 0.348 e. The summed E-state index contributed by atoms with van der Waals surface area (Å²) in [5, 5.41) is 6.06. The molecular formula is C17H13FN2O4S. The quantitative estimate of drug-likeness (QED) is 0.703. The molecule has 0 radical (unpaired) electrons. The summed E-state index contributed by atoms with van der Waals surface area (Å²) >= 11 is 1.20. The van der Waals surface area contributed by atoms with Crippen molar-refractivity contribution in [3.05, 3.63) is 58.9 Å². The highest BCUT2D eigenvalue weighted by Gasteiger charge is 2.14. The van der Waals surface area contributed by atoms with E-state index in [2.05, 4.69) is 10.5 Å². The number of aryl methyl sites for hydroxylation is 1. The van der Waals surface area contributed by atoms with Gasteiger partial charge in [-0.05, 0) is 36.8 Å². The molecule has 0 aliphatic carbocycles. The SMILES string of the molecule is Cc1cc(NC(=O)COC(=O)c2ccc(-c3ccc(F)cc3)s2)no1. The second-order valence-corrected chi connectivity index (χ2v) is 6.20. The van der Waals surface area contributed by atoms with Crippen LogP contribution < -0.4 is 5.32 Å². The summed E-state index contributed by atoms with van der Waals surface area (Å²) in [4.78, 5) is 24.9. The summed E-state index contributed by atoms with van der Waals surface area (Å²) in [7, 11) is 0. The van der Waals surface area contributed by atoms with Crippen LogP contribution in [-0.2, 0) is 9.53 Å². The predicted octanol–water partition coefficient (Wildman–Crippen LogP) is 3.65. The highest BCUT2D eigenvalue weighted by molar-refractivity contribution is 7.17. The Morgan fingerprint density at radius 2 is 2.00 bits per heavy atom. The van der Waals surface area contributed by atoms with E-state index in [0.717, 1.165) is 10.4 Å². The summed E-state index contributed by atoms with van der Waals surface area (Å²) in [5.41, 5.74) is 0.796. The fourth-order valence-electron chi connectivity index (χ4n) is 2.02. The molecule has 0 atom stereocenters. The second kappa shape index (κ2) is 7.27. The molecule has 1 aromatic carbocycles. The van der Waals surface area contributed by atoms with E-state index in [1.165, 1.54) is 23.5 Å². The van der Waals surface area contributed by atoms with Crippen LogP contribution >= 0.6 is 11.3 Å². The van der Waals surface area contributed by atoms with Crippen molar-refractivity contribution in [2.75, 3.05) is 11.9 Å². The van der Waals surface area contributed by atoms with Gasteiger partial charge in [0.25, 0.3) is 5.91 Å². The van der Waals surface area contributed by atoms with Crippen LogP contribution in [0, 0.1) is 12.7 Å². The number of carbonyl (C=O) groups excluding carboxylic acids is 2. The Morgan fingerprint density at radius 3 is 2.68 bits per heavy atom. The molecule has 0 aliphatic rings. The van der Waals surface area contributed by atoms with Crippen LogP contribution in [0.15, 0.2) is 47.0 Å². The molecule has 3 rings (SSSR count). The number of nitrogens with one attached hydrogen (secondary N) is 1. The van der Waals surface area contributed by atoms with Gasteiger partial charge in [0, 0.05) is 10.9 Å². The number of amides is 1. The van der Waals surface area contributed by atoms with Gasteiger partial charge in [0.2, 0.25) is 0 Å². The monoisotopic (exact) mass is 360 g/mol. The van der Waals surface area contributed by atoms with Crippen molar-refractivity contribution in [3.8, 4) is 10.4 Å². The molecule has 8 heteroatoms. The standard InChI is InChI=1S/C17H13FN2O4S/c1-10-8-15(20-24-10)19-16(21)9-23-17(22)14-7-6-13(25-14)11-2-4-12(18)5-3-11/h2-8H,9H2,1H3,(H,19,20,21). The van der Waals surface area contributed by atoms with Crippen molar-refractivity contribution in [2.24, 2.45) is 0 Å². The van der Waals surface area contributed by atoms with Crippen LogP contribution in [0.1, 0.15) is 15.4 Å². The molecule has 0 spiro atoms. The number of hydrogen-bond donors (Lipinski definition) is 1. The maximum Gasteiger partial charge on any atom is 0.348 e. The fraction of sp³-hybridized carbons (Fsp3) is 0.118. The normalized spacial score (nSPS) is 10.5. The van der Waals surface area contributed by atoms with Crippen molar-refractivity contribution in [1.29, 1.82) is 0 Å². The average molecular weight is 360 g/mol. The highest BCUT2D eigenvalue weighted by atomic mass is 32.1. The lowest BCUT2D eigenvalue weighted by atomic mass is 10.2. The maximum atomic E-state index is 13.0. The zero-order valence-corrected chi connectivity index (χ0v) is 13.9. The maximum absolute atomic E-state index is 13.0. The number of hydrogen-bond acceptors (Lipinski definition) is 6. The highest BCUT2D eigenvalue weighted by Crippen LogP contribution is 2.28. The minimum Gasteiger partial charge on any atom is -0.451 e. The molecule has 0 bridgehead atoms. The minimum absolute atomic E-state index is 0.258. The first-order valence-electron chi connectivity index (χ1n) is 7.27. The number of aromatic nitrogens is 1. The zero-order chi connectivity index (χ0) is 17.8. The lowest BCUT2D eigenvalue weighted by Gasteiger charge is -2.03. The molecule has 6 nitrogen and oxygen atoms in total. The Labute approximate surface area is 146 Å². The van der Waals surface area contributed by atoms with Crippen molar-refractivity contribution >= 4 is 29.0 Å². The van der Waals surface area contributed by atoms with Gasteiger partial charge < -0.3 is 14.6 Å². The van der Waals surface area contributed by atoms with Crippen molar-refractivity contribution in [3.63, 3.8) is 0 Å². The molecule has 0 fully saturated rings. The third-order valence-corrected chi connectivity index (χ3v) is 4.28. The van der Waals surface area contributed by atoms with E-state index >= 15 is 0 Å². The average Bonchev–Trinajstić information content (AvgIpc) is 3.23. The summed E-state index contributed by atoms with van der Waals surface area (Å²) in [6, 6.07) is 10.9. The van der Waals surface area contributed by atoms with Crippen LogP contribution in [-0.4, -0.2) is 23.6 Å². The van der Waals surface area contributed by atoms with Crippen LogP contribution in [0.2, 0.25) is 0 Å². The van der Waals surface area contributed by atoms with E-state index in [1.54, 1.807) is 37.3 Å². The first-order chi connectivity index (χ1) is 12.0. The first kappa shape index (κ1) is 16.8. The lowest BCUT2D eigenvalue weighted by molar-refractivity contribution is -0.119. The molecular weight excluding hydrogens is 347 g/mol. The Bertz CT molecular complexity index is 902. The summed E-state index contributed by atoms with van der Waals surface area (Å²) in [6.07, 6.45) is 0. The van der Waals surface area contributed by atoms with Crippen molar-refractivity contribution < 1.29 is 23.2 Å². The van der Waals surface area contributed by atoms with Gasteiger partial charge in [-0.2, -0.15) is 0 Å². The van der Waals surface area contributed by atoms with Gasteiger partial charge in [0.05, 0.1) is 0 Å². The third kappa shape index (κ3) is 4.30. The number of thiophene rings is 1. The van der Waals surface area contributed by atoms with Gasteiger partial charge >= 0.3 is 5.97 Å². The Morgan fingerprint density at radius 1 is 1.24 bits per heavy atom. The van der Waals surface area contributed by atoms with Crippen LogP contribution in [0.5, 0.6) is 0 Å². The third-order valence-electron chi connectivity index (χ3n) is 3.17. The number of benzene rings is 1. The predicted molar refractivity (Wildman–Crippen MR) is 89.9 cm³/mol. The molecule has 1 N–H and O–H groups in total. The fourth-order valence-corrected chi connectivity index (χ4v) is 2.93. The largest absolute Gasteiger partial charge is 0.451 e. The molecule has 0 saturated carbocycles. The molecule has 2 aromatic heterocycles. The summed E-state index contributed by atoms with van der Waals surface area (Å²) in [5.74, 6) is -0.637. The van der Waals surface area contributed by atoms with E-state index in [0.29, 0.717) is 10.6 Å². The molecule has 2 heterocycles. The van der Waals surface area contributed by atoms with Crippen LogP contribution in [0.25, 0.3) is 10.4 Å². The first-order valence-corrected chi connectivity index (χ1v) is 8.09. The van der Waals surface area contributed by atoms with Gasteiger partial charge in [0.15, 0.2) is 12.4 Å². The minimum atomic E-state index is -0.607. The zero-order valence-electron chi connectivity index (χ0n) is 13.1. The second-order valence-electron chi connectivity index (χ2n) is 5.12. The number of rotatable bonds is 5. The molecule has 0 saturated heterocycles. The number of esters is 1. The van der Waals surface area contributed by atoms with Crippen LogP contribution in [0.3, 0.4) is 0 Å². The number of anilines is 1. The van der Waals surface area contributed by atoms with Crippen molar-refractivity contribution in [2.45, 2.75) is 6.92 Å². The Balaban J connectivity index is 1.56. The molecule has 25 heavy (non-hydrogen) atoms. The van der Waals surface area contributed by atoms with E-state index in [9.17, 15) is 14.0 Å². The van der Waals surface area contributed by atoms with Crippen LogP contribution in [0.4, 0.5) is 10.2 Å². The number of carbonyl (C=O) groups is 2. The van der Waals surface area contributed by atoms with Gasteiger partial charge in [-0.15, -0.1) is 11.3 Å². The van der Waals surface area contributed by atoms with E-state index in [1.807, 2.05) is 0 Å². The van der Waals surface area contributed by atoms with Gasteiger partial charge in [-0.25, -0.2) is 9.18 Å². The number of ether oxygens (including phenoxy) is 1. The van der Waals surface area contributed by atoms with E-state index in [4.69, 9.17) is 9.26 Å². The molecule has 3 aromatic rings. The molecule has 0 unspecified atom stereocenters. The molecule has 1 amide bonds. The van der Waals surface area contributed by atoms with Crippen molar-refractivity contribution in [1.82, 2.24) is 5.16 Å². The van der Waals surface area contributed by atoms with Gasteiger partial charge in [0.1, 0.15) is 16.5 Å². The summed E-state index contributed by atoms with van der Waals surface area (Å²) < 4.78 is 22.7. The number of nitrogens with zero attached hydrogens (tertiary/aromatic N) is 1. The number of halogens is 1. The van der Waals surface area contributed by atoms with E-state index < -0.39 is 18.5 Å². The Kier molecular flexibility index (Phi) is 4.90. The lowest BCUT2D eigenvalue weighted by Crippen LogP contribution is -2.20. The molecule has 0 aliphatic heterocycles. The molecule has 128 valence electrons. The topological polar surface area (TPSA) is 81.4 Å². The van der Waals surface area contributed by atoms with Gasteiger partial charge in [-0.1, -0.05) is 17.3 Å². The van der Waals surface area contributed by atoms with E-state index in [-0.39, 0.29) is 11.6 Å². The Hall–Kier alpha value is -3.00. The van der Waals surface area contributed by atoms with Gasteiger partial charge in [-0.3, -0.25) is 4.79 Å².